The maximum atomic E-state index is 14.9. The number of rotatable bonds is 6. The SMILES string of the molecule is NC(=O)C1(OC(=O)C2(c3c(F)cccc3Cl)CCCC2)CCC(n2cc(C(=O)N3CCCC3)nn2)CC1. The Morgan fingerprint density at radius 3 is 2.35 bits per heavy atom. The summed E-state index contributed by atoms with van der Waals surface area (Å²) in [6.07, 6.45) is 7.10. The number of esters is 1. The van der Waals surface area contributed by atoms with Crippen molar-refractivity contribution in [2.75, 3.05) is 13.1 Å². The number of hydrogen-bond donors (Lipinski definition) is 1. The number of ether oxygens (including phenoxy) is 1. The summed E-state index contributed by atoms with van der Waals surface area (Å²) in [4.78, 5) is 40.7. The number of halogens is 2. The van der Waals surface area contributed by atoms with Crippen molar-refractivity contribution in [2.24, 2.45) is 5.73 Å². The summed E-state index contributed by atoms with van der Waals surface area (Å²) >= 11 is 6.35. The summed E-state index contributed by atoms with van der Waals surface area (Å²) in [5, 5.41) is 8.39. The number of amides is 2. The number of benzene rings is 1. The number of carbonyl (C=O) groups excluding carboxylic acids is 3. The molecule has 2 amide bonds. The average molecular weight is 532 g/mol. The van der Waals surface area contributed by atoms with E-state index in [2.05, 4.69) is 10.3 Å². The fourth-order valence-corrected chi connectivity index (χ4v) is 6.48. The average Bonchev–Trinajstić information content (AvgIpc) is 3.66. The molecule has 2 saturated carbocycles. The molecule has 1 aliphatic heterocycles. The lowest BCUT2D eigenvalue weighted by molar-refractivity contribution is -0.177. The van der Waals surface area contributed by atoms with Gasteiger partial charge in [0, 0.05) is 23.7 Å². The zero-order valence-corrected chi connectivity index (χ0v) is 21.4. The second-order valence-corrected chi connectivity index (χ2v) is 10.9. The molecule has 9 nitrogen and oxygen atoms in total. The van der Waals surface area contributed by atoms with Gasteiger partial charge in [-0.1, -0.05) is 35.7 Å². The van der Waals surface area contributed by atoms with E-state index >= 15 is 0 Å². The molecule has 11 heteroatoms. The van der Waals surface area contributed by atoms with Crippen molar-refractivity contribution in [3.05, 3.63) is 46.5 Å². The first-order chi connectivity index (χ1) is 17.8. The Kier molecular flexibility index (Phi) is 6.95. The van der Waals surface area contributed by atoms with E-state index in [4.69, 9.17) is 22.1 Å². The summed E-state index contributed by atoms with van der Waals surface area (Å²) < 4.78 is 22.5. The van der Waals surface area contributed by atoms with E-state index in [9.17, 15) is 18.8 Å². The van der Waals surface area contributed by atoms with Gasteiger partial charge in [-0.05, 0) is 63.5 Å². The number of likely N-dealkylation sites (tertiary alicyclic amines) is 1. The first-order valence-electron chi connectivity index (χ1n) is 12.9. The fourth-order valence-electron chi connectivity index (χ4n) is 6.13. The lowest BCUT2D eigenvalue weighted by Crippen LogP contribution is -2.53. The first kappa shape index (κ1) is 25.6. The summed E-state index contributed by atoms with van der Waals surface area (Å²) in [6, 6.07) is 4.21. The Balaban J connectivity index is 1.32. The van der Waals surface area contributed by atoms with E-state index in [-0.39, 0.29) is 35.4 Å². The van der Waals surface area contributed by atoms with Gasteiger partial charge >= 0.3 is 5.97 Å². The Morgan fingerprint density at radius 2 is 1.73 bits per heavy atom. The van der Waals surface area contributed by atoms with E-state index in [1.165, 1.54) is 12.1 Å². The molecule has 1 aromatic heterocycles. The van der Waals surface area contributed by atoms with Crippen LogP contribution in [-0.2, 0) is 19.7 Å². The molecular formula is C26H31ClFN5O4. The van der Waals surface area contributed by atoms with Crippen molar-refractivity contribution in [1.29, 1.82) is 0 Å². The Morgan fingerprint density at radius 1 is 1.05 bits per heavy atom. The molecular weight excluding hydrogens is 501 g/mol. The minimum Gasteiger partial charge on any atom is -0.448 e. The van der Waals surface area contributed by atoms with Gasteiger partial charge in [0.15, 0.2) is 11.3 Å². The third kappa shape index (κ3) is 4.60. The minimum absolute atomic E-state index is 0.125. The number of nitrogens with two attached hydrogens (primary N) is 1. The zero-order valence-electron chi connectivity index (χ0n) is 20.6. The van der Waals surface area contributed by atoms with Crippen LogP contribution in [-0.4, -0.2) is 56.4 Å². The molecule has 2 N–H and O–H groups in total. The molecule has 1 aromatic carbocycles. The van der Waals surface area contributed by atoms with Crippen LogP contribution in [0.3, 0.4) is 0 Å². The Labute approximate surface area is 219 Å². The van der Waals surface area contributed by atoms with E-state index in [1.54, 1.807) is 21.8 Å². The predicted octanol–water partition coefficient (Wildman–Crippen LogP) is 3.70. The van der Waals surface area contributed by atoms with E-state index in [0.717, 1.165) is 38.8 Å². The first-order valence-corrected chi connectivity index (χ1v) is 13.3. The summed E-state index contributed by atoms with van der Waals surface area (Å²) in [5.74, 6) is -2.08. The minimum atomic E-state index is -1.50. The quantitative estimate of drug-likeness (QED) is 0.567. The standard InChI is InChI=1S/C26H31ClFN5O4/c27-18-6-5-7-19(28)21(18)25(10-1-2-11-25)24(36)37-26(23(29)35)12-8-17(9-13-26)33-16-20(30-31-33)22(34)32-14-3-4-15-32/h5-7,16-17H,1-4,8-15H2,(H2,29,35). The van der Waals surface area contributed by atoms with E-state index < -0.39 is 28.7 Å². The van der Waals surface area contributed by atoms with Crippen LogP contribution >= 0.6 is 11.6 Å². The molecule has 3 aliphatic rings. The number of nitrogens with zero attached hydrogens (tertiary/aromatic N) is 4. The maximum Gasteiger partial charge on any atom is 0.317 e. The third-order valence-corrected chi connectivity index (χ3v) is 8.60. The van der Waals surface area contributed by atoms with Crippen molar-refractivity contribution in [3.63, 3.8) is 0 Å². The summed E-state index contributed by atoms with van der Waals surface area (Å²) in [7, 11) is 0. The molecule has 2 aromatic rings. The smallest absolute Gasteiger partial charge is 0.317 e. The van der Waals surface area contributed by atoms with Crippen molar-refractivity contribution in [1.82, 2.24) is 19.9 Å². The Bertz CT molecular complexity index is 1180. The zero-order chi connectivity index (χ0) is 26.2. The highest BCUT2D eigenvalue weighted by molar-refractivity contribution is 6.31. The largest absolute Gasteiger partial charge is 0.448 e. The van der Waals surface area contributed by atoms with Crippen LogP contribution in [0.4, 0.5) is 4.39 Å². The van der Waals surface area contributed by atoms with Crippen LogP contribution < -0.4 is 5.73 Å². The highest BCUT2D eigenvalue weighted by Gasteiger charge is 2.52. The van der Waals surface area contributed by atoms with Gasteiger partial charge in [-0.25, -0.2) is 9.07 Å². The topological polar surface area (TPSA) is 120 Å². The molecule has 1 saturated heterocycles. The summed E-state index contributed by atoms with van der Waals surface area (Å²) in [5.41, 5.74) is 3.46. The second-order valence-electron chi connectivity index (χ2n) is 10.4. The molecule has 2 heterocycles. The van der Waals surface area contributed by atoms with Crippen LogP contribution in [0.2, 0.25) is 5.02 Å². The number of primary amides is 1. The number of hydrogen-bond acceptors (Lipinski definition) is 6. The van der Waals surface area contributed by atoms with Crippen LogP contribution in [0.5, 0.6) is 0 Å². The second kappa shape index (κ2) is 10.0. The van der Waals surface area contributed by atoms with Gasteiger partial charge in [0.2, 0.25) is 0 Å². The number of aromatic nitrogens is 3. The lowest BCUT2D eigenvalue weighted by atomic mass is 9.77. The van der Waals surface area contributed by atoms with Gasteiger partial charge in [0.1, 0.15) is 5.82 Å². The highest BCUT2D eigenvalue weighted by atomic mass is 35.5. The number of carbonyl (C=O) groups is 3. The Hall–Kier alpha value is -3.01. The fraction of sp³-hybridized carbons (Fsp3) is 0.577. The van der Waals surface area contributed by atoms with Gasteiger partial charge < -0.3 is 15.4 Å². The van der Waals surface area contributed by atoms with Gasteiger partial charge in [0.25, 0.3) is 11.8 Å². The monoisotopic (exact) mass is 531 g/mol. The van der Waals surface area contributed by atoms with Crippen molar-refractivity contribution < 1.29 is 23.5 Å². The molecule has 2 aliphatic carbocycles. The maximum absolute atomic E-state index is 14.9. The van der Waals surface area contributed by atoms with Gasteiger partial charge in [-0.3, -0.25) is 14.4 Å². The molecule has 0 radical (unpaired) electrons. The molecule has 198 valence electrons. The normalized spacial score (nSPS) is 25.2. The van der Waals surface area contributed by atoms with Crippen molar-refractivity contribution >= 4 is 29.4 Å². The van der Waals surface area contributed by atoms with Gasteiger partial charge in [-0.15, -0.1) is 5.10 Å². The van der Waals surface area contributed by atoms with E-state index in [0.29, 0.717) is 31.4 Å². The van der Waals surface area contributed by atoms with Crippen molar-refractivity contribution in [2.45, 2.75) is 81.3 Å². The molecule has 0 atom stereocenters. The van der Waals surface area contributed by atoms with Crippen LogP contribution in [0, 0.1) is 5.82 Å². The molecule has 0 bridgehead atoms. The van der Waals surface area contributed by atoms with Crippen LogP contribution in [0.25, 0.3) is 0 Å². The molecule has 0 unspecified atom stereocenters. The molecule has 0 spiro atoms. The van der Waals surface area contributed by atoms with Gasteiger partial charge in [0.05, 0.1) is 17.7 Å². The van der Waals surface area contributed by atoms with Crippen LogP contribution in [0.1, 0.15) is 86.3 Å². The molecule has 5 rings (SSSR count). The lowest BCUT2D eigenvalue weighted by Gasteiger charge is -2.39. The van der Waals surface area contributed by atoms with Gasteiger partial charge in [-0.2, -0.15) is 0 Å². The highest BCUT2D eigenvalue weighted by Crippen LogP contribution is 2.48. The van der Waals surface area contributed by atoms with Crippen LogP contribution in [0.15, 0.2) is 24.4 Å². The summed E-state index contributed by atoms with van der Waals surface area (Å²) in [6.45, 7) is 1.45. The predicted molar refractivity (Wildman–Crippen MR) is 132 cm³/mol. The third-order valence-electron chi connectivity index (χ3n) is 8.29. The van der Waals surface area contributed by atoms with E-state index in [1.807, 2.05) is 0 Å². The van der Waals surface area contributed by atoms with Crippen molar-refractivity contribution in [3.8, 4) is 0 Å². The molecule has 3 fully saturated rings. The molecule has 37 heavy (non-hydrogen) atoms.